The Morgan fingerprint density at radius 1 is 1.19 bits per heavy atom. The highest BCUT2D eigenvalue weighted by molar-refractivity contribution is 7.99. The van der Waals surface area contributed by atoms with Crippen LogP contribution in [0.3, 0.4) is 0 Å². The molecule has 32 heavy (non-hydrogen) atoms. The van der Waals surface area contributed by atoms with Gasteiger partial charge in [0, 0.05) is 22.3 Å². The fourth-order valence-electron chi connectivity index (χ4n) is 2.90. The van der Waals surface area contributed by atoms with Crippen LogP contribution in [0, 0.1) is 0 Å². The number of allylic oxidation sites excluding steroid dienone is 1. The molecule has 3 rings (SSSR count). The van der Waals surface area contributed by atoms with Gasteiger partial charge in [0.15, 0.2) is 11.0 Å². The first-order valence-corrected chi connectivity index (χ1v) is 11.7. The molecule has 1 amide bonds. The SMILES string of the molecule is C=CCn1c(COc2ccc(C(C)C)cc2)nnc1SCC(=O)Nc1cc(Cl)cc(Cl)c1. The number of hydrogen-bond acceptors (Lipinski definition) is 5. The van der Waals surface area contributed by atoms with E-state index in [2.05, 4.69) is 48.1 Å². The van der Waals surface area contributed by atoms with Crippen LogP contribution < -0.4 is 10.1 Å². The van der Waals surface area contributed by atoms with Gasteiger partial charge in [-0.1, -0.05) is 67.0 Å². The molecule has 1 heterocycles. The Hall–Kier alpha value is -2.48. The quantitative estimate of drug-likeness (QED) is 0.270. The minimum atomic E-state index is -0.204. The van der Waals surface area contributed by atoms with Gasteiger partial charge < -0.3 is 10.1 Å². The van der Waals surface area contributed by atoms with Gasteiger partial charge in [0.1, 0.15) is 12.4 Å². The Balaban J connectivity index is 1.61. The van der Waals surface area contributed by atoms with Crippen LogP contribution in [0.5, 0.6) is 5.75 Å². The lowest BCUT2D eigenvalue weighted by Crippen LogP contribution is -2.15. The smallest absolute Gasteiger partial charge is 0.234 e. The highest BCUT2D eigenvalue weighted by Gasteiger charge is 2.14. The molecule has 1 aromatic heterocycles. The van der Waals surface area contributed by atoms with Crippen molar-refractivity contribution in [3.63, 3.8) is 0 Å². The number of ether oxygens (including phenoxy) is 1. The summed E-state index contributed by atoms with van der Waals surface area (Å²) in [6.45, 7) is 8.86. The van der Waals surface area contributed by atoms with Crippen LogP contribution in [0.4, 0.5) is 5.69 Å². The number of carbonyl (C=O) groups is 1. The molecule has 168 valence electrons. The molecular weight excluding hydrogens is 467 g/mol. The monoisotopic (exact) mass is 490 g/mol. The molecule has 0 spiro atoms. The molecule has 0 saturated carbocycles. The number of aromatic nitrogens is 3. The fraction of sp³-hybridized carbons (Fsp3) is 0.261. The molecule has 0 radical (unpaired) electrons. The predicted molar refractivity (Wildman–Crippen MR) is 131 cm³/mol. The summed E-state index contributed by atoms with van der Waals surface area (Å²) in [7, 11) is 0. The molecule has 6 nitrogen and oxygen atoms in total. The van der Waals surface area contributed by atoms with E-state index in [4.69, 9.17) is 27.9 Å². The topological polar surface area (TPSA) is 69.0 Å². The van der Waals surface area contributed by atoms with Crippen molar-refractivity contribution < 1.29 is 9.53 Å². The minimum absolute atomic E-state index is 0.150. The number of nitrogens with one attached hydrogen (secondary N) is 1. The first-order valence-electron chi connectivity index (χ1n) is 10.00. The van der Waals surface area contributed by atoms with Crippen molar-refractivity contribution in [2.75, 3.05) is 11.1 Å². The Morgan fingerprint density at radius 3 is 2.50 bits per heavy atom. The predicted octanol–water partition coefficient (Wildman–Crippen LogP) is 6.20. The zero-order chi connectivity index (χ0) is 23.1. The molecule has 0 unspecified atom stereocenters. The molecule has 0 saturated heterocycles. The third kappa shape index (κ3) is 6.76. The van der Waals surface area contributed by atoms with E-state index in [1.165, 1.54) is 17.3 Å². The summed E-state index contributed by atoms with van der Waals surface area (Å²) in [5.41, 5.74) is 1.79. The van der Waals surface area contributed by atoms with Crippen molar-refractivity contribution >= 4 is 46.6 Å². The fourth-order valence-corrected chi connectivity index (χ4v) is 4.19. The number of nitrogens with zero attached hydrogens (tertiary/aromatic N) is 3. The van der Waals surface area contributed by atoms with E-state index in [1.54, 1.807) is 24.3 Å². The van der Waals surface area contributed by atoms with Crippen molar-refractivity contribution in [1.82, 2.24) is 14.8 Å². The molecular formula is C23H24Cl2N4O2S. The van der Waals surface area contributed by atoms with Gasteiger partial charge in [-0.15, -0.1) is 16.8 Å². The number of hydrogen-bond donors (Lipinski definition) is 1. The minimum Gasteiger partial charge on any atom is -0.486 e. The summed E-state index contributed by atoms with van der Waals surface area (Å²) < 4.78 is 7.76. The molecule has 0 atom stereocenters. The van der Waals surface area contributed by atoms with Crippen molar-refractivity contribution in [3.05, 3.63) is 76.6 Å². The Kier molecular flexibility index (Phi) is 8.61. The van der Waals surface area contributed by atoms with Gasteiger partial charge in [0.05, 0.1) is 5.75 Å². The largest absolute Gasteiger partial charge is 0.486 e. The maximum atomic E-state index is 12.3. The van der Waals surface area contributed by atoms with E-state index in [-0.39, 0.29) is 18.3 Å². The van der Waals surface area contributed by atoms with Gasteiger partial charge in [-0.05, 0) is 41.8 Å². The van der Waals surface area contributed by atoms with E-state index < -0.39 is 0 Å². The van der Waals surface area contributed by atoms with E-state index in [9.17, 15) is 4.79 Å². The normalized spacial score (nSPS) is 10.9. The van der Waals surface area contributed by atoms with Crippen LogP contribution in [0.1, 0.15) is 31.2 Å². The third-order valence-electron chi connectivity index (χ3n) is 4.50. The molecule has 9 heteroatoms. The first kappa shape index (κ1) is 24.2. The van der Waals surface area contributed by atoms with Gasteiger partial charge in [0.2, 0.25) is 5.91 Å². The zero-order valence-corrected chi connectivity index (χ0v) is 20.2. The van der Waals surface area contributed by atoms with E-state index >= 15 is 0 Å². The summed E-state index contributed by atoms with van der Waals surface area (Å²) in [5.74, 6) is 1.83. The van der Waals surface area contributed by atoms with Gasteiger partial charge in [-0.25, -0.2) is 0 Å². The van der Waals surface area contributed by atoms with Crippen LogP contribution in [-0.4, -0.2) is 26.4 Å². The van der Waals surface area contributed by atoms with E-state index in [0.29, 0.717) is 39.2 Å². The van der Waals surface area contributed by atoms with E-state index in [0.717, 1.165) is 5.75 Å². The maximum Gasteiger partial charge on any atom is 0.234 e. The lowest BCUT2D eigenvalue weighted by Gasteiger charge is -2.10. The first-order chi connectivity index (χ1) is 15.4. The summed E-state index contributed by atoms with van der Waals surface area (Å²) in [5, 5.41) is 12.7. The standard InChI is InChI=1S/C23H24Cl2N4O2S/c1-4-9-29-21(13-31-20-7-5-16(6-8-20)15(2)3)27-28-23(29)32-14-22(30)26-19-11-17(24)10-18(25)12-19/h4-8,10-12,15H,1,9,13-14H2,2-3H3,(H,26,30). The van der Waals surface area contributed by atoms with Gasteiger partial charge >= 0.3 is 0 Å². The molecule has 0 aliphatic rings. The molecule has 1 N–H and O–H groups in total. The van der Waals surface area contributed by atoms with Crippen molar-refractivity contribution in [2.45, 2.75) is 38.1 Å². The van der Waals surface area contributed by atoms with E-state index in [1.807, 2.05) is 16.7 Å². The number of halogens is 2. The number of thioether (sulfide) groups is 1. The number of carbonyl (C=O) groups excluding carboxylic acids is 1. The van der Waals surface area contributed by atoms with Gasteiger partial charge in [-0.3, -0.25) is 9.36 Å². The highest BCUT2D eigenvalue weighted by Crippen LogP contribution is 2.24. The lowest BCUT2D eigenvalue weighted by atomic mass is 10.0. The van der Waals surface area contributed by atoms with Crippen LogP contribution in [0.2, 0.25) is 10.0 Å². The number of amides is 1. The number of anilines is 1. The van der Waals surface area contributed by atoms with Crippen LogP contribution in [0.25, 0.3) is 0 Å². The second-order valence-corrected chi connectivity index (χ2v) is 9.12. The van der Waals surface area contributed by atoms with Crippen molar-refractivity contribution in [2.24, 2.45) is 0 Å². The summed E-state index contributed by atoms with van der Waals surface area (Å²) >= 11 is 13.2. The lowest BCUT2D eigenvalue weighted by molar-refractivity contribution is -0.113. The summed E-state index contributed by atoms with van der Waals surface area (Å²) in [6, 6.07) is 12.9. The zero-order valence-electron chi connectivity index (χ0n) is 17.8. The Bertz CT molecular complexity index is 1060. The molecule has 0 aliphatic heterocycles. The third-order valence-corrected chi connectivity index (χ3v) is 5.90. The van der Waals surface area contributed by atoms with Crippen molar-refractivity contribution in [1.29, 1.82) is 0 Å². The van der Waals surface area contributed by atoms with Crippen LogP contribution in [0.15, 0.2) is 60.3 Å². The van der Waals surface area contributed by atoms with Gasteiger partial charge in [0.25, 0.3) is 0 Å². The van der Waals surface area contributed by atoms with Crippen molar-refractivity contribution in [3.8, 4) is 5.75 Å². The number of rotatable bonds is 10. The average Bonchev–Trinajstić information content (AvgIpc) is 3.12. The molecule has 0 bridgehead atoms. The molecule has 3 aromatic rings. The molecule has 0 aliphatic carbocycles. The highest BCUT2D eigenvalue weighted by atomic mass is 35.5. The molecule has 0 fully saturated rings. The summed E-state index contributed by atoms with van der Waals surface area (Å²) in [4.78, 5) is 12.3. The Morgan fingerprint density at radius 2 is 1.88 bits per heavy atom. The second kappa shape index (κ2) is 11.4. The summed E-state index contributed by atoms with van der Waals surface area (Å²) in [6.07, 6.45) is 1.75. The van der Waals surface area contributed by atoms with Crippen LogP contribution in [-0.2, 0) is 17.9 Å². The second-order valence-electron chi connectivity index (χ2n) is 7.31. The van der Waals surface area contributed by atoms with Gasteiger partial charge in [-0.2, -0.15) is 0 Å². The average molecular weight is 491 g/mol. The van der Waals surface area contributed by atoms with Crippen LogP contribution >= 0.6 is 35.0 Å². The Labute approximate surface area is 202 Å². The molecule has 2 aromatic carbocycles. The number of benzene rings is 2. The maximum absolute atomic E-state index is 12.3.